The Morgan fingerprint density at radius 3 is 0.750 bits per heavy atom. The minimum atomic E-state index is 0. The van der Waals surface area contributed by atoms with Crippen LogP contribution in [0.25, 0.3) is 0 Å². The van der Waals surface area contributed by atoms with Crippen molar-refractivity contribution in [1.29, 1.82) is 0 Å². The Kier molecular flexibility index (Phi) is 748. The monoisotopic (exact) mass is 113 g/mol. The Morgan fingerprint density at radius 2 is 0.750 bits per heavy atom. The molecule has 0 saturated heterocycles. The molecule has 0 aliphatic carbocycles. The van der Waals surface area contributed by atoms with Gasteiger partial charge in [0, 0.05) is 0 Å². The Balaban J connectivity index is 0. The van der Waals surface area contributed by atoms with Gasteiger partial charge >= 0.3 is 21.7 Å². The molecule has 0 saturated carbocycles. The molecule has 0 heterocycles. The van der Waals surface area contributed by atoms with Gasteiger partial charge in [-0.2, -0.15) is 0 Å². The van der Waals surface area contributed by atoms with E-state index >= 15 is 0 Å². The van der Waals surface area contributed by atoms with Crippen LogP contribution in [0.2, 0.25) is 0 Å². The third-order valence-electron chi connectivity index (χ3n) is 0. The summed E-state index contributed by atoms with van der Waals surface area (Å²) in [7, 11) is 0. The molecule has 0 aromatic heterocycles. The van der Waals surface area contributed by atoms with Crippen LogP contribution in [0, 0.1) is 0 Å². The van der Waals surface area contributed by atoms with Crippen LogP contribution in [0.3, 0.4) is 0 Å². The van der Waals surface area contributed by atoms with Crippen LogP contribution >= 0.6 is 0 Å². The molecule has 0 rings (SSSR count). The SMILES string of the molecule is [O-2].[O-2].[SH-].[Ti+4]. The zero-order valence-electron chi connectivity index (χ0n) is 1.76. The van der Waals surface area contributed by atoms with Crippen LogP contribution in [0.5, 0.6) is 0 Å². The van der Waals surface area contributed by atoms with Gasteiger partial charge in [-0.05, 0) is 0 Å². The second kappa shape index (κ2) is 36.6. The van der Waals surface area contributed by atoms with E-state index in [2.05, 4.69) is 0 Å². The number of rotatable bonds is 0. The number of thiol groups is 1. The molecule has 2 nitrogen and oxygen atoms in total. The van der Waals surface area contributed by atoms with Gasteiger partial charge in [0.05, 0.1) is 0 Å². The first-order valence-electron chi connectivity index (χ1n) is 0. The number of hydrogen-bond acceptors (Lipinski definition) is 1. The van der Waals surface area contributed by atoms with E-state index in [1.54, 1.807) is 0 Å². The van der Waals surface area contributed by atoms with Gasteiger partial charge in [0.15, 0.2) is 0 Å². The van der Waals surface area contributed by atoms with Crippen LogP contribution in [-0.2, 0) is 46.2 Å². The van der Waals surface area contributed by atoms with Crippen LogP contribution in [0.15, 0.2) is 0 Å². The molecule has 0 N–H and O–H groups in total. The van der Waals surface area contributed by atoms with Crippen molar-refractivity contribution < 1.29 is 32.7 Å². The van der Waals surface area contributed by atoms with Crippen molar-refractivity contribution >= 4 is 13.5 Å². The maximum atomic E-state index is 0. The largest absolute Gasteiger partial charge is 4.00 e. The van der Waals surface area contributed by atoms with Crippen molar-refractivity contribution in [3.8, 4) is 0 Å². The van der Waals surface area contributed by atoms with Crippen LogP contribution in [0.1, 0.15) is 0 Å². The molecule has 0 aromatic rings. The summed E-state index contributed by atoms with van der Waals surface area (Å²) in [6.07, 6.45) is 0. The first-order valence-corrected chi connectivity index (χ1v) is 0. The van der Waals surface area contributed by atoms with E-state index in [1.165, 1.54) is 0 Å². The minimum absolute atomic E-state index is 0. The van der Waals surface area contributed by atoms with Crippen molar-refractivity contribution in [3.63, 3.8) is 0 Å². The van der Waals surface area contributed by atoms with Gasteiger partial charge in [-0.25, -0.2) is 0 Å². The van der Waals surface area contributed by atoms with Gasteiger partial charge in [0.2, 0.25) is 0 Å². The van der Waals surface area contributed by atoms with Gasteiger partial charge in [-0.1, -0.05) is 0 Å². The summed E-state index contributed by atoms with van der Waals surface area (Å²) in [6, 6.07) is 0. The predicted molar refractivity (Wildman–Crippen MR) is 10.1 cm³/mol. The summed E-state index contributed by atoms with van der Waals surface area (Å²) in [4.78, 5) is 0. The Bertz CT molecular complexity index is 6.00. The summed E-state index contributed by atoms with van der Waals surface area (Å²) in [6.45, 7) is 0. The summed E-state index contributed by atoms with van der Waals surface area (Å²) in [5, 5.41) is 0. The van der Waals surface area contributed by atoms with Gasteiger partial charge < -0.3 is 24.4 Å². The summed E-state index contributed by atoms with van der Waals surface area (Å²) < 4.78 is 0. The molecule has 0 fully saturated rings. The Hall–Kier alpha value is 0.984. The smallest absolute Gasteiger partial charge is 2.00 e. The van der Waals surface area contributed by atoms with E-state index in [-0.39, 0.29) is 46.2 Å². The fraction of sp³-hybridized carbons (Fsp3) is 0. The van der Waals surface area contributed by atoms with Crippen molar-refractivity contribution in [1.82, 2.24) is 0 Å². The van der Waals surface area contributed by atoms with Gasteiger partial charge in [0.25, 0.3) is 0 Å². The van der Waals surface area contributed by atoms with E-state index in [4.69, 9.17) is 0 Å². The zero-order chi connectivity index (χ0) is 0. The van der Waals surface area contributed by atoms with E-state index < -0.39 is 0 Å². The fourth-order valence-corrected chi connectivity index (χ4v) is 0. The van der Waals surface area contributed by atoms with Crippen molar-refractivity contribution in [2.45, 2.75) is 0 Å². The minimum Gasteiger partial charge on any atom is -2.00 e. The average Bonchev–Trinajstić information content (AvgIpc) is 0. The molecule has 4 heavy (non-hydrogen) atoms. The normalized spacial score (nSPS) is 0. The maximum Gasteiger partial charge on any atom is 4.00 e. The zero-order valence-corrected chi connectivity index (χ0v) is 4.22. The van der Waals surface area contributed by atoms with Crippen LogP contribution < -0.4 is 0 Å². The Morgan fingerprint density at radius 1 is 0.750 bits per heavy atom. The first-order chi connectivity index (χ1) is 0. The topological polar surface area (TPSA) is 57.0 Å². The van der Waals surface area contributed by atoms with E-state index in [1.807, 2.05) is 0 Å². The van der Waals surface area contributed by atoms with E-state index in [9.17, 15) is 0 Å². The molecule has 0 unspecified atom stereocenters. The summed E-state index contributed by atoms with van der Waals surface area (Å²) >= 11 is 0. The standard InChI is InChI=1S/2O.H2S.Ti/h;;1H2;/q2*-2;;+4/p-1. The molecule has 0 radical (unpaired) electrons. The maximum absolute atomic E-state index is 0. The van der Waals surface area contributed by atoms with Gasteiger partial charge in [-0.15, -0.1) is 0 Å². The predicted octanol–water partition coefficient (Wildman–Crippen LogP) is -0.510. The molecule has 24 valence electrons. The summed E-state index contributed by atoms with van der Waals surface area (Å²) in [5.74, 6) is 0. The van der Waals surface area contributed by atoms with Gasteiger partial charge in [-0.3, -0.25) is 0 Å². The molecule has 0 atom stereocenters. The molecule has 0 aliphatic rings. The second-order valence-electron chi connectivity index (χ2n) is 0. The molecule has 0 aromatic carbocycles. The molecule has 0 bridgehead atoms. The molecular formula is HO2STi-. The van der Waals surface area contributed by atoms with E-state index in [0.717, 1.165) is 0 Å². The molecule has 0 amide bonds. The molecule has 4 heteroatoms. The van der Waals surface area contributed by atoms with Crippen molar-refractivity contribution in [2.75, 3.05) is 0 Å². The second-order valence-corrected chi connectivity index (χ2v) is 0. The molecular weight excluding hydrogens is 112 g/mol. The van der Waals surface area contributed by atoms with Crippen molar-refractivity contribution in [2.24, 2.45) is 0 Å². The van der Waals surface area contributed by atoms with Crippen molar-refractivity contribution in [3.05, 3.63) is 0 Å². The Labute approximate surface area is 46.5 Å². The molecule has 0 spiro atoms. The van der Waals surface area contributed by atoms with E-state index in [0.29, 0.717) is 0 Å². The van der Waals surface area contributed by atoms with Crippen LogP contribution in [-0.4, -0.2) is 0 Å². The van der Waals surface area contributed by atoms with Gasteiger partial charge in [0.1, 0.15) is 0 Å². The number of hydrogen-bond donors (Lipinski definition) is 0. The fourth-order valence-electron chi connectivity index (χ4n) is 0. The third kappa shape index (κ3) is 12.1. The quantitative estimate of drug-likeness (QED) is 0.237. The molecule has 0 aliphatic heterocycles. The first kappa shape index (κ1) is 81.7. The average molecular weight is 113 g/mol. The third-order valence-corrected chi connectivity index (χ3v) is 0. The van der Waals surface area contributed by atoms with Crippen LogP contribution in [0.4, 0.5) is 0 Å². The summed E-state index contributed by atoms with van der Waals surface area (Å²) in [5.41, 5.74) is 0.